The van der Waals surface area contributed by atoms with Gasteiger partial charge in [-0.05, 0) is 44.4 Å². The lowest BCUT2D eigenvalue weighted by molar-refractivity contribution is -0.129. The second-order valence-electron chi connectivity index (χ2n) is 6.31. The highest BCUT2D eigenvalue weighted by atomic mass is 79.9. The minimum atomic E-state index is -0.249. The topological polar surface area (TPSA) is 55.2 Å². The molecule has 1 aromatic carbocycles. The fourth-order valence-corrected chi connectivity index (χ4v) is 4.47. The molecule has 3 rings (SSSR count). The van der Waals surface area contributed by atoms with E-state index >= 15 is 0 Å². The fourth-order valence-electron chi connectivity index (χ4n) is 3.09. The summed E-state index contributed by atoms with van der Waals surface area (Å²) in [5.41, 5.74) is 0.625. The minimum Gasteiger partial charge on any atom is -0.342 e. The van der Waals surface area contributed by atoms with Crippen molar-refractivity contribution in [1.82, 2.24) is 14.5 Å². The SMILES string of the molecule is CCCn1c(SC(C)C(=O)N2CCCC2)nc2ccc(Br)cc2c1=O. The third-order valence-electron chi connectivity index (χ3n) is 4.38. The maximum absolute atomic E-state index is 12.9. The molecule has 1 aliphatic heterocycles. The molecule has 1 fully saturated rings. The Morgan fingerprint density at radius 3 is 2.76 bits per heavy atom. The molecule has 0 saturated carbocycles. The van der Waals surface area contributed by atoms with Crippen LogP contribution in [-0.4, -0.2) is 38.7 Å². The van der Waals surface area contributed by atoms with Crippen LogP contribution < -0.4 is 5.56 Å². The molecule has 0 spiro atoms. The largest absolute Gasteiger partial charge is 0.342 e. The van der Waals surface area contributed by atoms with Crippen LogP contribution in [0.1, 0.15) is 33.1 Å². The number of thioether (sulfide) groups is 1. The second-order valence-corrected chi connectivity index (χ2v) is 8.53. The molecule has 2 aromatic rings. The second kappa shape index (κ2) is 7.91. The summed E-state index contributed by atoms with van der Waals surface area (Å²) in [7, 11) is 0. The van der Waals surface area contributed by atoms with E-state index in [2.05, 4.69) is 20.9 Å². The molecule has 0 aliphatic carbocycles. The van der Waals surface area contributed by atoms with Crippen LogP contribution in [0.5, 0.6) is 0 Å². The number of carbonyl (C=O) groups is 1. The summed E-state index contributed by atoms with van der Waals surface area (Å²) in [5.74, 6) is 0.135. The number of amides is 1. The average molecular weight is 424 g/mol. The van der Waals surface area contributed by atoms with Crippen molar-refractivity contribution in [2.45, 2.75) is 50.1 Å². The van der Waals surface area contributed by atoms with Crippen molar-refractivity contribution in [3.05, 3.63) is 33.0 Å². The van der Waals surface area contributed by atoms with Crippen molar-refractivity contribution in [2.24, 2.45) is 0 Å². The Morgan fingerprint density at radius 2 is 2.08 bits per heavy atom. The van der Waals surface area contributed by atoms with E-state index in [4.69, 9.17) is 0 Å². The molecule has 0 bridgehead atoms. The van der Waals surface area contributed by atoms with E-state index in [9.17, 15) is 9.59 Å². The van der Waals surface area contributed by atoms with Crippen molar-refractivity contribution in [3.63, 3.8) is 0 Å². The molecular weight excluding hydrogens is 402 g/mol. The van der Waals surface area contributed by atoms with Gasteiger partial charge in [-0.3, -0.25) is 14.2 Å². The monoisotopic (exact) mass is 423 g/mol. The Bertz CT molecular complexity index is 846. The molecule has 1 atom stereocenters. The first-order chi connectivity index (χ1) is 12.0. The van der Waals surface area contributed by atoms with Crippen LogP contribution in [0.25, 0.3) is 10.9 Å². The average Bonchev–Trinajstić information content (AvgIpc) is 3.13. The standard InChI is InChI=1S/C18H22BrN3O2S/c1-3-8-22-17(24)14-11-13(19)6-7-15(14)20-18(22)25-12(2)16(23)21-9-4-5-10-21/h6-7,11-12H,3-5,8-10H2,1-2H3. The molecule has 1 aromatic heterocycles. The third kappa shape index (κ3) is 3.92. The number of rotatable bonds is 5. The number of fused-ring (bicyclic) bond motifs is 1. The van der Waals surface area contributed by atoms with Crippen LogP contribution in [0.15, 0.2) is 32.6 Å². The summed E-state index contributed by atoms with van der Waals surface area (Å²) >= 11 is 4.80. The normalized spacial score (nSPS) is 15.7. The molecule has 1 aliphatic rings. The number of nitrogens with zero attached hydrogens (tertiary/aromatic N) is 3. The first-order valence-corrected chi connectivity index (χ1v) is 10.3. The zero-order chi connectivity index (χ0) is 18.0. The lowest BCUT2D eigenvalue weighted by atomic mass is 10.2. The van der Waals surface area contributed by atoms with Gasteiger partial charge in [-0.2, -0.15) is 0 Å². The molecule has 1 saturated heterocycles. The van der Waals surface area contributed by atoms with Gasteiger partial charge in [0.15, 0.2) is 5.16 Å². The van der Waals surface area contributed by atoms with E-state index < -0.39 is 0 Å². The van der Waals surface area contributed by atoms with Crippen LogP contribution in [0, 0.1) is 0 Å². The molecule has 0 N–H and O–H groups in total. The van der Waals surface area contributed by atoms with Crippen molar-refractivity contribution in [1.29, 1.82) is 0 Å². The summed E-state index contributed by atoms with van der Waals surface area (Å²) in [6, 6.07) is 5.53. The predicted molar refractivity (Wildman–Crippen MR) is 105 cm³/mol. The molecule has 5 nitrogen and oxygen atoms in total. The minimum absolute atomic E-state index is 0.0449. The highest BCUT2D eigenvalue weighted by Crippen LogP contribution is 2.26. The lowest BCUT2D eigenvalue weighted by Crippen LogP contribution is -2.34. The van der Waals surface area contributed by atoms with Gasteiger partial charge in [0, 0.05) is 24.1 Å². The molecular formula is C18H22BrN3O2S. The molecule has 134 valence electrons. The van der Waals surface area contributed by atoms with Gasteiger partial charge in [0.2, 0.25) is 5.91 Å². The first-order valence-electron chi connectivity index (χ1n) is 8.66. The Labute approximate surface area is 159 Å². The third-order valence-corrected chi connectivity index (χ3v) is 5.95. The Kier molecular flexibility index (Phi) is 5.84. The summed E-state index contributed by atoms with van der Waals surface area (Å²) in [6.07, 6.45) is 2.99. The van der Waals surface area contributed by atoms with Gasteiger partial charge in [0.1, 0.15) is 0 Å². The van der Waals surface area contributed by atoms with Crippen molar-refractivity contribution in [2.75, 3.05) is 13.1 Å². The molecule has 0 radical (unpaired) electrons. The van der Waals surface area contributed by atoms with Gasteiger partial charge in [-0.15, -0.1) is 0 Å². The smallest absolute Gasteiger partial charge is 0.262 e. The number of aromatic nitrogens is 2. The van der Waals surface area contributed by atoms with E-state index in [1.54, 1.807) is 4.57 Å². The van der Waals surface area contributed by atoms with Gasteiger partial charge in [0.05, 0.1) is 16.2 Å². The Hall–Kier alpha value is -1.34. The van der Waals surface area contributed by atoms with Crippen LogP contribution in [0.3, 0.4) is 0 Å². The van der Waals surface area contributed by atoms with E-state index in [0.29, 0.717) is 22.6 Å². The van der Waals surface area contributed by atoms with E-state index in [1.165, 1.54) is 11.8 Å². The fraction of sp³-hybridized carbons (Fsp3) is 0.500. The van der Waals surface area contributed by atoms with Gasteiger partial charge >= 0.3 is 0 Å². The molecule has 1 amide bonds. The van der Waals surface area contributed by atoms with E-state index in [1.807, 2.05) is 36.9 Å². The first kappa shape index (κ1) is 18.5. The van der Waals surface area contributed by atoms with Crippen molar-refractivity contribution < 1.29 is 4.79 Å². The number of benzene rings is 1. The highest BCUT2D eigenvalue weighted by Gasteiger charge is 2.25. The molecule has 7 heteroatoms. The van der Waals surface area contributed by atoms with Gasteiger partial charge < -0.3 is 4.90 Å². The lowest BCUT2D eigenvalue weighted by Gasteiger charge is -2.21. The van der Waals surface area contributed by atoms with Gasteiger partial charge in [-0.1, -0.05) is 34.6 Å². The molecule has 1 unspecified atom stereocenters. The summed E-state index contributed by atoms with van der Waals surface area (Å²) in [4.78, 5) is 32.1. The Balaban J connectivity index is 1.96. The summed E-state index contributed by atoms with van der Waals surface area (Å²) < 4.78 is 2.56. The molecule has 25 heavy (non-hydrogen) atoms. The van der Waals surface area contributed by atoms with Crippen LogP contribution in [0.4, 0.5) is 0 Å². The number of likely N-dealkylation sites (tertiary alicyclic amines) is 1. The molecule has 2 heterocycles. The van der Waals surface area contributed by atoms with Crippen molar-refractivity contribution in [3.8, 4) is 0 Å². The Morgan fingerprint density at radius 1 is 1.36 bits per heavy atom. The van der Waals surface area contributed by atoms with E-state index in [-0.39, 0.29) is 16.7 Å². The maximum Gasteiger partial charge on any atom is 0.262 e. The van der Waals surface area contributed by atoms with Crippen LogP contribution in [0.2, 0.25) is 0 Å². The number of halogens is 1. The number of hydrogen-bond donors (Lipinski definition) is 0. The van der Waals surface area contributed by atoms with E-state index in [0.717, 1.165) is 36.8 Å². The zero-order valence-corrected chi connectivity index (χ0v) is 16.9. The van der Waals surface area contributed by atoms with Gasteiger partial charge in [0.25, 0.3) is 5.56 Å². The zero-order valence-electron chi connectivity index (χ0n) is 14.5. The number of carbonyl (C=O) groups excluding carboxylic acids is 1. The van der Waals surface area contributed by atoms with Crippen LogP contribution >= 0.6 is 27.7 Å². The van der Waals surface area contributed by atoms with Crippen molar-refractivity contribution >= 4 is 44.5 Å². The van der Waals surface area contributed by atoms with Gasteiger partial charge in [-0.25, -0.2) is 4.98 Å². The maximum atomic E-state index is 12.9. The number of hydrogen-bond acceptors (Lipinski definition) is 4. The summed E-state index contributed by atoms with van der Waals surface area (Å²) in [5, 5.41) is 0.980. The summed E-state index contributed by atoms with van der Waals surface area (Å²) in [6.45, 7) is 6.21. The van der Waals surface area contributed by atoms with Crippen LogP contribution in [-0.2, 0) is 11.3 Å². The quantitative estimate of drug-likeness (QED) is 0.543. The predicted octanol–water partition coefficient (Wildman–Crippen LogP) is 3.67. The highest BCUT2D eigenvalue weighted by molar-refractivity contribution is 9.10.